The van der Waals surface area contributed by atoms with Gasteiger partial charge in [0.25, 0.3) is 0 Å². The van der Waals surface area contributed by atoms with Gasteiger partial charge in [-0.25, -0.2) is 0 Å². The molecule has 0 aromatic carbocycles. The van der Waals surface area contributed by atoms with E-state index in [9.17, 15) is 14.7 Å². The van der Waals surface area contributed by atoms with Crippen molar-refractivity contribution in [3.05, 3.63) is 0 Å². The molecule has 0 aliphatic rings. The third kappa shape index (κ3) is 6.86. The Labute approximate surface area is 112 Å². The number of hydrogen-bond donors (Lipinski definition) is 3. The van der Waals surface area contributed by atoms with Crippen molar-refractivity contribution in [3.8, 4) is 0 Å². The molecule has 5 nitrogen and oxygen atoms in total. The highest BCUT2D eigenvalue weighted by Gasteiger charge is 2.30. The van der Waals surface area contributed by atoms with Crippen molar-refractivity contribution in [1.29, 1.82) is 0 Å². The van der Waals surface area contributed by atoms with Gasteiger partial charge in [-0.15, -0.1) is 11.8 Å². The summed E-state index contributed by atoms with van der Waals surface area (Å²) in [5.41, 5.74) is -0.401. The van der Waals surface area contributed by atoms with Crippen LogP contribution in [-0.4, -0.2) is 46.2 Å². The van der Waals surface area contributed by atoms with Crippen molar-refractivity contribution in [1.82, 2.24) is 5.32 Å². The highest BCUT2D eigenvalue weighted by molar-refractivity contribution is 8.00. The van der Waals surface area contributed by atoms with Crippen molar-refractivity contribution in [3.63, 3.8) is 0 Å². The van der Waals surface area contributed by atoms with Gasteiger partial charge in [0.05, 0.1) is 17.6 Å². The zero-order valence-electron chi connectivity index (χ0n) is 11.4. The van der Waals surface area contributed by atoms with Crippen molar-refractivity contribution in [2.75, 3.05) is 18.1 Å². The normalized spacial score (nSPS) is 13.4. The Kier molecular flexibility index (Phi) is 7.32. The molecule has 0 saturated carbocycles. The second-order valence-corrected chi connectivity index (χ2v) is 6.33. The number of carboxylic acids is 1. The summed E-state index contributed by atoms with van der Waals surface area (Å²) in [5, 5.41) is 21.1. The second-order valence-electron chi connectivity index (χ2n) is 5.34. The third-order valence-corrected chi connectivity index (χ3v) is 3.55. The maximum atomic E-state index is 11.5. The molecule has 0 aromatic rings. The van der Waals surface area contributed by atoms with Crippen LogP contribution in [0.25, 0.3) is 0 Å². The van der Waals surface area contributed by atoms with Gasteiger partial charge in [-0.2, -0.15) is 0 Å². The van der Waals surface area contributed by atoms with Crippen LogP contribution in [0.2, 0.25) is 0 Å². The number of rotatable bonds is 8. The SMILES string of the molecule is CC(C)C(O)C(C)(C)CNC(=O)CSCC(=O)O. The van der Waals surface area contributed by atoms with Crippen LogP contribution in [0.3, 0.4) is 0 Å². The molecule has 0 aliphatic carbocycles. The topological polar surface area (TPSA) is 86.6 Å². The van der Waals surface area contributed by atoms with E-state index in [4.69, 9.17) is 5.11 Å². The summed E-state index contributed by atoms with van der Waals surface area (Å²) in [7, 11) is 0. The van der Waals surface area contributed by atoms with E-state index in [-0.39, 0.29) is 23.3 Å². The van der Waals surface area contributed by atoms with Gasteiger partial charge in [0.2, 0.25) is 5.91 Å². The maximum absolute atomic E-state index is 11.5. The van der Waals surface area contributed by atoms with Crippen LogP contribution in [0.1, 0.15) is 27.7 Å². The summed E-state index contributed by atoms with van der Waals surface area (Å²) < 4.78 is 0. The summed E-state index contributed by atoms with van der Waals surface area (Å²) in [5.74, 6) is -0.960. The van der Waals surface area contributed by atoms with Crippen molar-refractivity contribution in [2.24, 2.45) is 11.3 Å². The molecule has 1 amide bonds. The zero-order valence-corrected chi connectivity index (χ0v) is 12.2. The minimum Gasteiger partial charge on any atom is -0.481 e. The summed E-state index contributed by atoms with van der Waals surface area (Å²) in [6, 6.07) is 0. The number of carboxylic acid groups (broad SMARTS) is 1. The molecular weight excluding hydrogens is 254 g/mol. The Morgan fingerprint density at radius 3 is 2.28 bits per heavy atom. The fourth-order valence-electron chi connectivity index (χ4n) is 1.62. The average molecular weight is 277 g/mol. The molecule has 1 atom stereocenters. The molecule has 106 valence electrons. The Hall–Kier alpha value is -0.750. The molecule has 1 unspecified atom stereocenters. The first kappa shape index (κ1) is 17.2. The zero-order chi connectivity index (χ0) is 14.3. The lowest BCUT2D eigenvalue weighted by Crippen LogP contribution is -2.44. The van der Waals surface area contributed by atoms with Crippen LogP contribution in [-0.2, 0) is 9.59 Å². The van der Waals surface area contributed by atoms with Crippen LogP contribution >= 0.6 is 11.8 Å². The number of hydrogen-bond acceptors (Lipinski definition) is 4. The van der Waals surface area contributed by atoms with E-state index >= 15 is 0 Å². The molecule has 6 heteroatoms. The minimum absolute atomic E-state index is 0.0779. The number of aliphatic carboxylic acids is 1. The second kappa shape index (κ2) is 7.63. The van der Waals surface area contributed by atoms with Crippen LogP contribution in [0.5, 0.6) is 0 Å². The first-order valence-electron chi connectivity index (χ1n) is 5.91. The molecule has 0 rings (SSSR count). The highest BCUT2D eigenvalue weighted by Crippen LogP contribution is 2.25. The number of nitrogens with one attached hydrogen (secondary N) is 1. The van der Waals surface area contributed by atoms with Crippen LogP contribution < -0.4 is 5.32 Å². The van der Waals surface area contributed by atoms with Gasteiger partial charge in [-0.05, 0) is 5.92 Å². The van der Waals surface area contributed by atoms with E-state index in [2.05, 4.69) is 5.32 Å². The summed E-state index contributed by atoms with van der Waals surface area (Å²) in [6.45, 7) is 8.01. The lowest BCUT2D eigenvalue weighted by atomic mass is 9.81. The minimum atomic E-state index is -0.927. The number of thioether (sulfide) groups is 1. The number of carbonyl (C=O) groups is 2. The van der Waals surface area contributed by atoms with Gasteiger partial charge in [-0.3, -0.25) is 9.59 Å². The maximum Gasteiger partial charge on any atom is 0.313 e. The fraction of sp³-hybridized carbons (Fsp3) is 0.833. The van der Waals surface area contributed by atoms with Crippen LogP contribution in [0.4, 0.5) is 0 Å². The molecule has 0 saturated heterocycles. The van der Waals surface area contributed by atoms with E-state index < -0.39 is 17.5 Å². The quantitative estimate of drug-likeness (QED) is 0.615. The van der Waals surface area contributed by atoms with Crippen LogP contribution in [0, 0.1) is 11.3 Å². The van der Waals surface area contributed by atoms with E-state index in [1.807, 2.05) is 27.7 Å². The van der Waals surface area contributed by atoms with Crippen LogP contribution in [0.15, 0.2) is 0 Å². The average Bonchev–Trinajstić information content (AvgIpc) is 2.24. The molecule has 0 fully saturated rings. The lowest BCUT2D eigenvalue weighted by Gasteiger charge is -2.33. The first-order valence-corrected chi connectivity index (χ1v) is 7.06. The number of aliphatic hydroxyl groups excluding tert-OH is 1. The monoisotopic (exact) mass is 277 g/mol. The number of aliphatic hydroxyl groups is 1. The molecule has 0 bridgehead atoms. The van der Waals surface area contributed by atoms with Gasteiger partial charge in [0, 0.05) is 12.0 Å². The largest absolute Gasteiger partial charge is 0.481 e. The number of carbonyl (C=O) groups excluding carboxylic acids is 1. The molecule has 18 heavy (non-hydrogen) atoms. The molecule has 0 aliphatic heterocycles. The van der Waals surface area contributed by atoms with E-state index in [1.54, 1.807) is 0 Å². The molecular formula is C12H23NO4S. The van der Waals surface area contributed by atoms with Gasteiger partial charge in [0.1, 0.15) is 0 Å². The fourth-order valence-corrected chi connectivity index (χ4v) is 2.18. The van der Waals surface area contributed by atoms with Gasteiger partial charge >= 0.3 is 5.97 Å². The van der Waals surface area contributed by atoms with Gasteiger partial charge < -0.3 is 15.5 Å². The van der Waals surface area contributed by atoms with Gasteiger partial charge in [-0.1, -0.05) is 27.7 Å². The predicted molar refractivity (Wildman–Crippen MR) is 72.6 cm³/mol. The van der Waals surface area contributed by atoms with E-state index in [0.29, 0.717) is 6.54 Å². The lowest BCUT2D eigenvalue weighted by molar-refractivity contribution is -0.133. The Bertz CT molecular complexity index is 292. The van der Waals surface area contributed by atoms with Crippen molar-refractivity contribution in [2.45, 2.75) is 33.8 Å². The van der Waals surface area contributed by atoms with Crippen molar-refractivity contribution >= 4 is 23.6 Å². The predicted octanol–water partition coefficient (Wildman–Crippen LogP) is 0.963. The Morgan fingerprint density at radius 2 is 1.83 bits per heavy atom. The van der Waals surface area contributed by atoms with E-state index in [0.717, 1.165) is 11.8 Å². The standard InChI is InChI=1S/C12H23NO4S/c1-8(2)11(17)12(3,4)7-13-9(14)5-18-6-10(15)16/h8,11,17H,5-7H2,1-4H3,(H,13,14)(H,15,16). The Balaban J connectivity index is 4.00. The van der Waals surface area contributed by atoms with E-state index in [1.165, 1.54) is 0 Å². The smallest absolute Gasteiger partial charge is 0.313 e. The van der Waals surface area contributed by atoms with Crippen molar-refractivity contribution < 1.29 is 19.8 Å². The molecule has 0 radical (unpaired) electrons. The highest BCUT2D eigenvalue weighted by atomic mass is 32.2. The summed E-state index contributed by atoms with van der Waals surface area (Å²) in [6.07, 6.45) is -0.496. The molecule has 0 aromatic heterocycles. The Morgan fingerprint density at radius 1 is 1.28 bits per heavy atom. The molecule has 3 N–H and O–H groups in total. The molecule has 0 spiro atoms. The molecule has 0 heterocycles. The summed E-state index contributed by atoms with van der Waals surface area (Å²) in [4.78, 5) is 21.7. The van der Waals surface area contributed by atoms with Gasteiger partial charge in [0.15, 0.2) is 0 Å². The first-order chi connectivity index (χ1) is 8.16. The summed E-state index contributed by atoms with van der Waals surface area (Å²) >= 11 is 1.06. The third-order valence-electron chi connectivity index (χ3n) is 2.63. The number of amides is 1.